The van der Waals surface area contributed by atoms with E-state index in [1.807, 2.05) is 12.3 Å². The van der Waals surface area contributed by atoms with Crippen molar-refractivity contribution >= 4 is 33.2 Å². The molecule has 0 spiro atoms. The molecular weight excluding hydrogens is 1010 g/mol. The molecule has 1 aliphatic heterocycles. The molecule has 7 aromatic carbocycles. The Morgan fingerprint density at radius 2 is 1.01 bits per heavy atom. The first kappa shape index (κ1) is 46.4. The second-order valence-electron chi connectivity index (χ2n) is 20.7. The second-order valence-corrected chi connectivity index (χ2v) is 20.7. The van der Waals surface area contributed by atoms with E-state index in [-0.39, 0.29) is 37.3 Å². The number of fused-ring (bicyclic) bond motifs is 3. The zero-order valence-electron chi connectivity index (χ0n) is 40.3. The van der Waals surface area contributed by atoms with Gasteiger partial charge in [-0.25, -0.2) is 4.98 Å². The van der Waals surface area contributed by atoms with Crippen LogP contribution in [-0.4, -0.2) is 9.55 Å². The molecule has 0 bridgehead atoms. The Labute approximate surface area is 417 Å². The number of anilines is 2. The van der Waals surface area contributed by atoms with Gasteiger partial charge in [-0.15, -0.1) is 53.6 Å². The van der Waals surface area contributed by atoms with Crippen LogP contribution >= 0.6 is 0 Å². The van der Waals surface area contributed by atoms with Crippen LogP contribution in [0, 0.1) is 29.6 Å². The Morgan fingerprint density at radius 3 is 1.59 bits per heavy atom. The Balaban J connectivity index is 0.00000578. The Morgan fingerprint density at radius 1 is 0.471 bits per heavy atom. The van der Waals surface area contributed by atoms with Crippen LogP contribution in [0.3, 0.4) is 0 Å². The third-order valence-corrected chi connectivity index (χ3v) is 12.6. The maximum Gasteiger partial charge on any atom is 0.135 e. The molecule has 2 aromatic heterocycles. The predicted octanol–water partition coefficient (Wildman–Crippen LogP) is 16.6. The average molecular weight is 1070 g/mol. The molecule has 1 aliphatic rings. The molecule has 0 radical (unpaired) electrons. The van der Waals surface area contributed by atoms with Crippen LogP contribution in [0.1, 0.15) is 67.9 Å². The van der Waals surface area contributed by atoms with E-state index in [9.17, 15) is 0 Å². The van der Waals surface area contributed by atoms with Gasteiger partial charge in [0.05, 0.1) is 0 Å². The van der Waals surface area contributed by atoms with Gasteiger partial charge in [0.2, 0.25) is 0 Å². The average Bonchev–Trinajstić information content (AvgIpc) is 3.90. The molecule has 0 amide bonds. The number of aromatic nitrogens is 2. The van der Waals surface area contributed by atoms with E-state index < -0.39 is 0 Å². The van der Waals surface area contributed by atoms with Crippen molar-refractivity contribution in [1.82, 2.24) is 9.55 Å². The van der Waals surface area contributed by atoms with Crippen molar-refractivity contribution in [3.8, 4) is 50.7 Å². The van der Waals surface area contributed by atoms with Crippen molar-refractivity contribution < 1.29 is 25.8 Å². The summed E-state index contributed by atoms with van der Waals surface area (Å²) in [6.45, 7) is 22.8. The molecule has 9 aromatic rings. The zero-order valence-corrected chi connectivity index (χ0v) is 42.6. The fraction of sp³-hybridized carbons (Fsp3) is 0.194. The summed E-state index contributed by atoms with van der Waals surface area (Å²) >= 11 is 0. The smallest absolute Gasteiger partial charge is 0.135 e. The third kappa shape index (κ3) is 9.05. The van der Waals surface area contributed by atoms with Gasteiger partial charge in [-0.3, -0.25) is 0 Å². The maximum absolute atomic E-state index is 6.95. The van der Waals surface area contributed by atoms with Crippen LogP contribution in [0.4, 0.5) is 11.4 Å². The number of pyridine rings is 1. The number of ether oxygens (including phenoxy) is 1. The maximum atomic E-state index is 6.95. The predicted molar refractivity (Wildman–Crippen MR) is 279 cm³/mol. The number of hydrogen-bond donors (Lipinski definition) is 0. The molecule has 3 heterocycles. The summed E-state index contributed by atoms with van der Waals surface area (Å²) in [6.07, 6.45) is 1.91. The van der Waals surface area contributed by atoms with Gasteiger partial charge in [-0.1, -0.05) is 177 Å². The number of para-hydroxylation sites is 1. The van der Waals surface area contributed by atoms with Gasteiger partial charge in [-0.2, -0.15) is 6.07 Å². The van der Waals surface area contributed by atoms with Crippen molar-refractivity contribution in [3.63, 3.8) is 0 Å². The van der Waals surface area contributed by atoms with E-state index in [1.54, 1.807) is 0 Å². The van der Waals surface area contributed by atoms with Gasteiger partial charge in [0.25, 0.3) is 0 Å². The fourth-order valence-corrected chi connectivity index (χ4v) is 9.42. The van der Waals surface area contributed by atoms with Crippen LogP contribution < -0.4 is 14.5 Å². The van der Waals surface area contributed by atoms with Crippen LogP contribution in [0.2, 0.25) is 0 Å². The first-order chi connectivity index (χ1) is 32.1. The molecule has 0 N–H and O–H groups in total. The summed E-state index contributed by atoms with van der Waals surface area (Å²) < 4.78 is 9.16. The first-order valence-electron chi connectivity index (χ1n) is 23.3. The van der Waals surface area contributed by atoms with Gasteiger partial charge in [0, 0.05) is 72.2 Å². The molecule has 0 saturated carbocycles. The molecule has 344 valence electrons. The van der Waals surface area contributed by atoms with Crippen molar-refractivity contribution in [3.05, 3.63) is 212 Å². The molecule has 0 aliphatic carbocycles. The third-order valence-electron chi connectivity index (χ3n) is 12.6. The molecular formula is C62H57N4OPt-3. The van der Waals surface area contributed by atoms with E-state index in [0.29, 0.717) is 11.5 Å². The summed E-state index contributed by atoms with van der Waals surface area (Å²) in [7, 11) is 0. The van der Waals surface area contributed by atoms with Crippen LogP contribution in [0.5, 0.6) is 11.5 Å². The molecule has 0 atom stereocenters. The van der Waals surface area contributed by atoms with Crippen LogP contribution in [-0.2, 0) is 26.5 Å². The van der Waals surface area contributed by atoms with Gasteiger partial charge < -0.3 is 19.1 Å². The SMILES string of the molecule is CC(C)(C)C1=C(C(C)(C)C)N(c2cc(-c3ccccc3)cc(-c3ccccc3)c2)[CH-]N1c1[c-]c(Oc2[c-]c3c(cc2)c2ccccc2n3-c2cc(C(C)(C)C)ccn2)cc(-c2ccccc2)c1.[Pt]. The number of nitrogens with zero attached hydrogens (tertiary/aromatic N) is 4. The molecule has 6 heteroatoms. The first-order valence-corrected chi connectivity index (χ1v) is 23.3. The molecule has 0 fully saturated rings. The number of benzene rings is 7. The quantitative estimate of drug-likeness (QED) is 0.142. The van der Waals surface area contributed by atoms with Crippen molar-refractivity contribution in [1.29, 1.82) is 0 Å². The Hall–Kier alpha value is -6.68. The van der Waals surface area contributed by atoms with Crippen LogP contribution in [0.15, 0.2) is 187 Å². The number of hydrogen-bond acceptors (Lipinski definition) is 4. The topological polar surface area (TPSA) is 33.5 Å². The molecule has 5 nitrogen and oxygen atoms in total. The fourth-order valence-electron chi connectivity index (χ4n) is 9.42. The van der Waals surface area contributed by atoms with E-state index in [1.165, 1.54) is 28.1 Å². The van der Waals surface area contributed by atoms with Gasteiger partial charge in [0.15, 0.2) is 0 Å². The van der Waals surface area contributed by atoms with E-state index in [0.717, 1.165) is 61.3 Å². The summed E-state index contributed by atoms with van der Waals surface area (Å²) in [5.41, 5.74) is 13.8. The van der Waals surface area contributed by atoms with Crippen molar-refractivity contribution in [2.75, 3.05) is 9.80 Å². The minimum atomic E-state index is -0.269. The van der Waals surface area contributed by atoms with Gasteiger partial charge >= 0.3 is 0 Å². The normalized spacial score (nSPS) is 13.4. The monoisotopic (exact) mass is 1070 g/mol. The molecule has 10 rings (SSSR count). The number of rotatable bonds is 8. The minimum absolute atomic E-state index is 0. The molecule has 0 saturated heterocycles. The second kappa shape index (κ2) is 18.1. The summed E-state index contributed by atoms with van der Waals surface area (Å²) in [5, 5.41) is 2.22. The van der Waals surface area contributed by atoms with E-state index >= 15 is 0 Å². The van der Waals surface area contributed by atoms with E-state index in [2.05, 4.69) is 259 Å². The Bertz CT molecular complexity index is 3240. The van der Waals surface area contributed by atoms with Crippen LogP contribution in [0.25, 0.3) is 61.0 Å². The minimum Gasteiger partial charge on any atom is -0.509 e. The largest absolute Gasteiger partial charge is 0.509 e. The summed E-state index contributed by atoms with van der Waals surface area (Å²) in [6, 6.07) is 67.6. The Kier molecular flexibility index (Phi) is 12.4. The van der Waals surface area contributed by atoms with E-state index in [4.69, 9.17) is 9.72 Å². The summed E-state index contributed by atoms with van der Waals surface area (Å²) in [5.74, 6) is 2.04. The summed E-state index contributed by atoms with van der Waals surface area (Å²) in [4.78, 5) is 9.66. The van der Waals surface area contributed by atoms with Gasteiger partial charge in [-0.05, 0) is 80.6 Å². The van der Waals surface area contributed by atoms with Crippen molar-refractivity contribution in [2.24, 2.45) is 10.8 Å². The standard InChI is InChI=1S/C62H57N4O.Pt/c1-60(2,3)48-31-32-63-57(38-48)66-55-28-20-19-27-53(55)54-30-29-51(40-56(54)66)67-52-37-47(44-25-17-12-18-26-44)36-50(39-52)65-41-64(58(61(4,5)6)59(65)62(7,8)9)49-34-45(42-21-13-10-14-22-42)33-46(35-49)43-23-15-11-16-24-43;/h10-38,41H,1-9H3;/q-3;. The molecule has 68 heavy (non-hydrogen) atoms. The number of allylic oxidation sites excluding steroid dienone is 2. The van der Waals surface area contributed by atoms with Crippen molar-refractivity contribution in [2.45, 2.75) is 67.7 Å². The zero-order chi connectivity index (χ0) is 46.7. The molecule has 0 unspecified atom stereocenters. The van der Waals surface area contributed by atoms with Gasteiger partial charge in [0.1, 0.15) is 5.82 Å².